The topological polar surface area (TPSA) is 115 Å². The van der Waals surface area contributed by atoms with Gasteiger partial charge in [-0.05, 0) is 31.0 Å². The number of hydrogen-bond donors (Lipinski definition) is 3. The summed E-state index contributed by atoms with van der Waals surface area (Å²) in [4.78, 5) is 18.9. The Labute approximate surface area is 176 Å². The van der Waals surface area contributed by atoms with Gasteiger partial charge < -0.3 is 26.8 Å². The number of rotatable bonds is 6. The second-order valence-electron chi connectivity index (χ2n) is 7.33. The first-order chi connectivity index (χ1) is 13.5. The van der Waals surface area contributed by atoms with Gasteiger partial charge in [0, 0.05) is 33.1 Å². The number of piperidine rings is 1. The molecular weight excluding hydrogens is 366 g/mol. The van der Waals surface area contributed by atoms with Gasteiger partial charge >= 0.3 is 0 Å². The predicted molar refractivity (Wildman–Crippen MR) is 123 cm³/mol. The molecule has 6 N–H and O–H groups in total. The molecule has 1 aromatic carbocycles. The van der Waals surface area contributed by atoms with E-state index in [1.165, 1.54) is 0 Å². The minimum atomic E-state index is -0.452. The molecule has 0 aliphatic carbocycles. The maximum Gasteiger partial charge on any atom is 0.252 e. The SMILES string of the molecule is CC.COC1CN(c2nc3ccccc3cc2C(N)=O)CCC1NCC(C)C.N.[HH]. The zero-order valence-electron chi connectivity index (χ0n) is 18.4. The average molecular weight is 406 g/mol. The highest BCUT2D eigenvalue weighted by atomic mass is 16.5. The number of primary amides is 1. The van der Waals surface area contributed by atoms with Crippen molar-refractivity contribution >= 4 is 22.6 Å². The average Bonchev–Trinajstić information content (AvgIpc) is 2.72. The Bertz CT molecular complexity index is 787. The van der Waals surface area contributed by atoms with E-state index in [0.717, 1.165) is 30.4 Å². The van der Waals surface area contributed by atoms with Gasteiger partial charge in [-0.15, -0.1) is 0 Å². The molecule has 1 saturated heterocycles. The second kappa shape index (κ2) is 11.7. The van der Waals surface area contributed by atoms with E-state index in [0.29, 0.717) is 29.9 Å². The normalized spacial score (nSPS) is 18.8. The first kappa shape index (κ1) is 24.8. The number of methoxy groups -OCH3 is 1. The third-order valence-electron chi connectivity index (χ3n) is 4.92. The highest BCUT2D eigenvalue weighted by Crippen LogP contribution is 2.27. The Morgan fingerprint density at radius 3 is 2.69 bits per heavy atom. The number of anilines is 1. The van der Waals surface area contributed by atoms with Gasteiger partial charge in [-0.25, -0.2) is 4.98 Å². The van der Waals surface area contributed by atoms with E-state index in [4.69, 9.17) is 15.5 Å². The van der Waals surface area contributed by atoms with Crippen LogP contribution in [0.2, 0.25) is 0 Å². The minimum absolute atomic E-state index is 0. The minimum Gasteiger partial charge on any atom is -0.378 e. The highest BCUT2D eigenvalue weighted by molar-refractivity contribution is 6.01. The molecule has 2 atom stereocenters. The molecule has 1 amide bonds. The fraction of sp³-hybridized carbons (Fsp3) is 0.545. The number of nitrogens with one attached hydrogen (secondary N) is 1. The molecule has 0 radical (unpaired) electrons. The van der Waals surface area contributed by atoms with Crippen LogP contribution in [0.4, 0.5) is 5.82 Å². The lowest BCUT2D eigenvalue weighted by atomic mass is 10.00. The summed E-state index contributed by atoms with van der Waals surface area (Å²) in [6.07, 6.45) is 0.967. The first-order valence-electron chi connectivity index (χ1n) is 10.2. The van der Waals surface area contributed by atoms with Crippen LogP contribution < -0.4 is 22.1 Å². The Balaban J connectivity index is 0.00000204. The maximum atomic E-state index is 12.0. The number of carbonyl (C=O) groups is 1. The summed E-state index contributed by atoms with van der Waals surface area (Å²) in [5, 5.41) is 4.52. The summed E-state index contributed by atoms with van der Waals surface area (Å²) < 4.78 is 5.73. The van der Waals surface area contributed by atoms with Gasteiger partial charge in [0.1, 0.15) is 5.82 Å². The lowest BCUT2D eigenvalue weighted by molar-refractivity contribution is 0.0589. The maximum absolute atomic E-state index is 12.0. The number of fused-ring (bicyclic) bond motifs is 1. The van der Waals surface area contributed by atoms with Crippen LogP contribution in [0.1, 0.15) is 45.9 Å². The molecule has 7 nitrogen and oxygen atoms in total. The van der Waals surface area contributed by atoms with Gasteiger partial charge in [-0.3, -0.25) is 4.79 Å². The van der Waals surface area contributed by atoms with E-state index in [2.05, 4.69) is 24.1 Å². The van der Waals surface area contributed by atoms with E-state index < -0.39 is 5.91 Å². The van der Waals surface area contributed by atoms with Crippen LogP contribution in [0.5, 0.6) is 0 Å². The molecule has 0 saturated carbocycles. The fourth-order valence-corrected chi connectivity index (χ4v) is 3.50. The molecular formula is C22H39N5O2. The zero-order valence-corrected chi connectivity index (χ0v) is 18.4. The van der Waals surface area contributed by atoms with Crippen molar-refractivity contribution in [2.75, 3.05) is 31.6 Å². The van der Waals surface area contributed by atoms with Crippen molar-refractivity contribution in [3.8, 4) is 0 Å². The van der Waals surface area contributed by atoms with E-state index in [1.54, 1.807) is 7.11 Å². The Hall–Kier alpha value is -2.22. The number of nitrogens with zero attached hydrogens (tertiary/aromatic N) is 2. The van der Waals surface area contributed by atoms with Crippen molar-refractivity contribution in [3.05, 3.63) is 35.9 Å². The molecule has 2 unspecified atom stereocenters. The zero-order chi connectivity index (χ0) is 20.7. The summed E-state index contributed by atoms with van der Waals surface area (Å²) in [5.74, 6) is 0.794. The molecule has 2 heterocycles. The molecule has 2 aromatic rings. The molecule has 29 heavy (non-hydrogen) atoms. The third kappa shape index (κ3) is 6.13. The Morgan fingerprint density at radius 2 is 2.07 bits per heavy atom. The summed E-state index contributed by atoms with van der Waals surface area (Å²) in [5.41, 5.74) is 6.97. The smallest absolute Gasteiger partial charge is 0.252 e. The molecule has 1 aromatic heterocycles. The lowest BCUT2D eigenvalue weighted by Gasteiger charge is -2.39. The van der Waals surface area contributed by atoms with Crippen molar-refractivity contribution in [1.82, 2.24) is 16.5 Å². The van der Waals surface area contributed by atoms with Gasteiger partial charge in [0.05, 0.1) is 17.2 Å². The monoisotopic (exact) mass is 405 g/mol. The van der Waals surface area contributed by atoms with E-state index >= 15 is 0 Å². The predicted octanol–water partition coefficient (Wildman–Crippen LogP) is 3.61. The van der Waals surface area contributed by atoms with E-state index in [9.17, 15) is 4.79 Å². The second-order valence-corrected chi connectivity index (χ2v) is 7.33. The van der Waals surface area contributed by atoms with Gasteiger partial charge in [0.25, 0.3) is 5.91 Å². The number of carbonyl (C=O) groups excluding carboxylic acids is 1. The Kier molecular flexibility index (Phi) is 10.0. The summed E-state index contributed by atoms with van der Waals surface area (Å²) in [6, 6.07) is 9.92. The standard InChI is InChI=1S/C20H28N4O2.C2H6.H3N.H2/c1-13(2)11-22-17-8-9-24(12-18(17)26-3)20-15(19(21)25)10-14-6-4-5-7-16(14)23-20;1-2;;/h4-7,10,13,17-18,22H,8-9,11-12H2,1-3H3,(H2,21,25);1-2H3;1H3;1H. The highest BCUT2D eigenvalue weighted by Gasteiger charge is 2.31. The number of aromatic nitrogens is 1. The number of amides is 1. The first-order valence-corrected chi connectivity index (χ1v) is 10.2. The molecule has 1 fully saturated rings. The number of nitrogens with two attached hydrogens (primary N) is 1. The quantitative estimate of drug-likeness (QED) is 0.676. The summed E-state index contributed by atoms with van der Waals surface area (Å²) in [7, 11) is 1.74. The number of ether oxygens (including phenoxy) is 1. The number of pyridine rings is 1. The van der Waals surface area contributed by atoms with Crippen molar-refractivity contribution < 1.29 is 11.0 Å². The molecule has 0 bridgehead atoms. The molecule has 1 aliphatic heterocycles. The lowest BCUT2D eigenvalue weighted by Crippen LogP contribution is -2.54. The van der Waals surface area contributed by atoms with Crippen LogP contribution in [-0.4, -0.2) is 49.8 Å². The molecule has 7 heteroatoms. The van der Waals surface area contributed by atoms with Crippen LogP contribution in [0.25, 0.3) is 10.9 Å². The van der Waals surface area contributed by atoms with Crippen molar-refractivity contribution in [3.63, 3.8) is 0 Å². The van der Waals surface area contributed by atoms with Crippen molar-refractivity contribution in [2.45, 2.75) is 46.3 Å². The van der Waals surface area contributed by atoms with Crippen molar-refractivity contribution in [1.29, 1.82) is 0 Å². The largest absolute Gasteiger partial charge is 0.378 e. The van der Waals surface area contributed by atoms with Crippen LogP contribution in [0.3, 0.4) is 0 Å². The van der Waals surface area contributed by atoms with Crippen LogP contribution >= 0.6 is 0 Å². The van der Waals surface area contributed by atoms with Gasteiger partial charge in [-0.1, -0.05) is 45.9 Å². The third-order valence-corrected chi connectivity index (χ3v) is 4.92. The van der Waals surface area contributed by atoms with Crippen molar-refractivity contribution in [2.24, 2.45) is 11.7 Å². The Morgan fingerprint density at radius 1 is 1.38 bits per heavy atom. The van der Waals surface area contributed by atoms with E-state index in [-0.39, 0.29) is 13.7 Å². The van der Waals surface area contributed by atoms with Crippen LogP contribution in [0.15, 0.2) is 30.3 Å². The van der Waals surface area contributed by atoms with Gasteiger partial charge in [0.15, 0.2) is 0 Å². The summed E-state index contributed by atoms with van der Waals surface area (Å²) >= 11 is 0. The summed E-state index contributed by atoms with van der Waals surface area (Å²) in [6.45, 7) is 10.8. The number of hydrogen-bond acceptors (Lipinski definition) is 6. The molecule has 0 spiro atoms. The van der Waals surface area contributed by atoms with E-state index in [1.807, 2.05) is 44.2 Å². The molecule has 164 valence electrons. The fourth-order valence-electron chi connectivity index (χ4n) is 3.50. The number of para-hydroxylation sites is 1. The number of benzene rings is 1. The van der Waals surface area contributed by atoms with Crippen LogP contribution in [-0.2, 0) is 4.74 Å². The van der Waals surface area contributed by atoms with Gasteiger partial charge in [0.2, 0.25) is 0 Å². The molecule has 3 rings (SSSR count). The molecule has 1 aliphatic rings. The van der Waals surface area contributed by atoms with Crippen LogP contribution in [0, 0.1) is 5.92 Å². The van der Waals surface area contributed by atoms with Gasteiger partial charge in [-0.2, -0.15) is 0 Å².